The van der Waals surface area contributed by atoms with Crippen LogP contribution >= 0.6 is 0 Å². The minimum Gasteiger partial charge on any atom is -0.345 e. The van der Waals surface area contributed by atoms with Crippen molar-refractivity contribution in [2.24, 2.45) is 0 Å². The van der Waals surface area contributed by atoms with E-state index in [9.17, 15) is 4.79 Å². The smallest absolute Gasteiger partial charge is 0.315 e. The molecule has 16 heavy (non-hydrogen) atoms. The lowest BCUT2D eigenvalue weighted by Crippen LogP contribution is -2.26. The quantitative estimate of drug-likeness (QED) is 0.742. The molecule has 6 heteroatoms. The molecule has 0 bridgehead atoms. The Bertz CT molecular complexity index is 373. The molecule has 1 aliphatic carbocycles. The highest BCUT2D eigenvalue weighted by Crippen LogP contribution is 2.19. The van der Waals surface area contributed by atoms with E-state index in [1.165, 1.54) is 0 Å². The normalized spacial score (nSPS) is 17.1. The molecule has 1 atom stereocenters. The molecule has 0 spiro atoms. The zero-order valence-electron chi connectivity index (χ0n) is 9.49. The largest absolute Gasteiger partial charge is 0.345 e. The van der Waals surface area contributed by atoms with E-state index < -0.39 is 0 Å². The number of nitrogens with one attached hydrogen (secondary N) is 2. The number of likely N-dealkylation sites (N-methyl/N-ethyl adjacent to an activating group) is 1. The molecule has 0 aromatic carbocycles. The van der Waals surface area contributed by atoms with Gasteiger partial charge in [0, 0.05) is 18.5 Å². The lowest BCUT2D eigenvalue weighted by Gasteiger charge is -2.04. The van der Waals surface area contributed by atoms with Crippen LogP contribution in [0.15, 0.2) is 4.52 Å². The Morgan fingerprint density at radius 1 is 1.62 bits per heavy atom. The first kappa shape index (κ1) is 11.1. The molecule has 1 unspecified atom stereocenters. The lowest BCUT2D eigenvalue weighted by molar-refractivity contribution is 0.0907. The Labute approximate surface area is 93.8 Å². The third-order valence-electron chi connectivity index (χ3n) is 2.56. The van der Waals surface area contributed by atoms with Gasteiger partial charge in [-0.15, -0.1) is 0 Å². The summed E-state index contributed by atoms with van der Waals surface area (Å²) in [5.41, 5.74) is 0. The summed E-state index contributed by atoms with van der Waals surface area (Å²) in [6.07, 6.45) is 2.74. The predicted octanol–water partition coefficient (Wildman–Crippen LogP) is 0.112. The third kappa shape index (κ3) is 2.79. The Hall–Kier alpha value is -1.43. The highest BCUT2D eigenvalue weighted by Gasteiger charge is 2.26. The van der Waals surface area contributed by atoms with Gasteiger partial charge in [-0.25, -0.2) is 0 Å². The van der Waals surface area contributed by atoms with Crippen molar-refractivity contribution in [2.75, 3.05) is 7.05 Å². The number of carbonyl (C=O) groups is 1. The van der Waals surface area contributed by atoms with Crippen molar-refractivity contribution in [3.63, 3.8) is 0 Å². The SMILES string of the molecule is CNC(C)Cc1noc(C(=O)NC2CC2)n1. The molecular weight excluding hydrogens is 208 g/mol. The van der Waals surface area contributed by atoms with Gasteiger partial charge in [0.1, 0.15) is 0 Å². The number of aromatic nitrogens is 2. The minimum absolute atomic E-state index is 0.0604. The van der Waals surface area contributed by atoms with Crippen LogP contribution in [0.1, 0.15) is 36.3 Å². The molecule has 2 N–H and O–H groups in total. The summed E-state index contributed by atoms with van der Waals surface area (Å²) in [6.45, 7) is 2.01. The first-order valence-corrected chi connectivity index (χ1v) is 5.49. The van der Waals surface area contributed by atoms with Gasteiger partial charge in [-0.05, 0) is 26.8 Å². The summed E-state index contributed by atoms with van der Waals surface area (Å²) >= 11 is 0. The number of rotatable bonds is 5. The molecule has 1 heterocycles. The van der Waals surface area contributed by atoms with Gasteiger partial charge in [-0.3, -0.25) is 4.79 Å². The van der Waals surface area contributed by atoms with E-state index in [1.807, 2.05) is 14.0 Å². The number of carbonyl (C=O) groups excluding carboxylic acids is 1. The summed E-state index contributed by atoms with van der Waals surface area (Å²) in [5.74, 6) is 0.353. The van der Waals surface area contributed by atoms with E-state index in [4.69, 9.17) is 4.52 Å². The molecule has 1 aromatic rings. The highest BCUT2D eigenvalue weighted by atomic mass is 16.5. The second-order valence-corrected chi connectivity index (χ2v) is 4.16. The summed E-state index contributed by atoms with van der Waals surface area (Å²) in [7, 11) is 1.87. The van der Waals surface area contributed by atoms with Crippen molar-refractivity contribution < 1.29 is 9.32 Å². The zero-order chi connectivity index (χ0) is 11.5. The van der Waals surface area contributed by atoms with Gasteiger partial charge in [0.25, 0.3) is 0 Å². The molecule has 1 amide bonds. The summed E-state index contributed by atoms with van der Waals surface area (Å²) in [5, 5.41) is 9.64. The standard InChI is InChI=1S/C10H16N4O2/c1-6(11-2)5-8-13-10(16-14-8)9(15)12-7-3-4-7/h6-7,11H,3-5H2,1-2H3,(H,12,15). The number of hydrogen-bond acceptors (Lipinski definition) is 5. The van der Waals surface area contributed by atoms with Crippen LogP contribution in [0, 0.1) is 0 Å². The van der Waals surface area contributed by atoms with Gasteiger partial charge in [-0.2, -0.15) is 4.98 Å². The molecule has 2 rings (SSSR count). The van der Waals surface area contributed by atoms with Gasteiger partial charge in [0.15, 0.2) is 5.82 Å². The molecule has 6 nitrogen and oxygen atoms in total. The van der Waals surface area contributed by atoms with E-state index >= 15 is 0 Å². The van der Waals surface area contributed by atoms with E-state index in [0.717, 1.165) is 12.8 Å². The second kappa shape index (κ2) is 4.61. The van der Waals surface area contributed by atoms with Crippen LogP contribution in [0.4, 0.5) is 0 Å². The molecule has 1 saturated carbocycles. The van der Waals surface area contributed by atoms with Crippen LogP contribution in [0.2, 0.25) is 0 Å². The topological polar surface area (TPSA) is 80.0 Å². The van der Waals surface area contributed by atoms with Crippen LogP contribution in [-0.2, 0) is 6.42 Å². The molecule has 88 valence electrons. The Balaban J connectivity index is 1.92. The Morgan fingerprint density at radius 3 is 3.00 bits per heavy atom. The fourth-order valence-corrected chi connectivity index (χ4v) is 1.28. The van der Waals surface area contributed by atoms with E-state index in [-0.39, 0.29) is 17.8 Å². The van der Waals surface area contributed by atoms with Crippen LogP contribution in [0.25, 0.3) is 0 Å². The van der Waals surface area contributed by atoms with Gasteiger partial charge in [-0.1, -0.05) is 5.16 Å². The van der Waals surface area contributed by atoms with Crippen molar-refractivity contribution >= 4 is 5.91 Å². The van der Waals surface area contributed by atoms with E-state index in [1.54, 1.807) is 0 Å². The van der Waals surface area contributed by atoms with Crippen LogP contribution in [0.3, 0.4) is 0 Å². The first-order chi connectivity index (χ1) is 7.69. The van der Waals surface area contributed by atoms with Crippen LogP contribution < -0.4 is 10.6 Å². The zero-order valence-corrected chi connectivity index (χ0v) is 9.49. The molecule has 1 aromatic heterocycles. The molecular formula is C10H16N4O2. The number of amides is 1. The minimum atomic E-state index is -0.265. The maximum absolute atomic E-state index is 11.5. The third-order valence-corrected chi connectivity index (χ3v) is 2.56. The Kier molecular flexibility index (Phi) is 3.19. The molecule has 0 radical (unpaired) electrons. The summed E-state index contributed by atoms with van der Waals surface area (Å²) in [6, 6.07) is 0.566. The monoisotopic (exact) mass is 224 g/mol. The van der Waals surface area contributed by atoms with Gasteiger partial charge in [0.2, 0.25) is 0 Å². The maximum atomic E-state index is 11.5. The molecule has 0 aliphatic heterocycles. The van der Waals surface area contributed by atoms with Crippen molar-refractivity contribution in [3.8, 4) is 0 Å². The summed E-state index contributed by atoms with van der Waals surface area (Å²) in [4.78, 5) is 15.6. The predicted molar refractivity (Wildman–Crippen MR) is 57.0 cm³/mol. The fraction of sp³-hybridized carbons (Fsp3) is 0.700. The molecule has 0 saturated heterocycles. The van der Waals surface area contributed by atoms with Crippen molar-refractivity contribution in [3.05, 3.63) is 11.7 Å². The average Bonchev–Trinajstić information content (AvgIpc) is 2.95. The Morgan fingerprint density at radius 2 is 2.38 bits per heavy atom. The van der Waals surface area contributed by atoms with Crippen LogP contribution in [0.5, 0.6) is 0 Å². The fourth-order valence-electron chi connectivity index (χ4n) is 1.28. The average molecular weight is 224 g/mol. The molecule has 1 aliphatic rings. The van der Waals surface area contributed by atoms with E-state index in [2.05, 4.69) is 20.8 Å². The van der Waals surface area contributed by atoms with Crippen LogP contribution in [-0.4, -0.2) is 35.2 Å². The first-order valence-electron chi connectivity index (χ1n) is 5.49. The second-order valence-electron chi connectivity index (χ2n) is 4.16. The van der Waals surface area contributed by atoms with Crippen molar-refractivity contribution in [1.82, 2.24) is 20.8 Å². The van der Waals surface area contributed by atoms with Crippen molar-refractivity contribution in [2.45, 2.75) is 38.3 Å². The van der Waals surface area contributed by atoms with Crippen molar-refractivity contribution in [1.29, 1.82) is 0 Å². The number of hydrogen-bond donors (Lipinski definition) is 2. The number of nitrogens with zero attached hydrogens (tertiary/aromatic N) is 2. The highest BCUT2D eigenvalue weighted by molar-refractivity contribution is 5.89. The van der Waals surface area contributed by atoms with Gasteiger partial charge in [0.05, 0.1) is 0 Å². The van der Waals surface area contributed by atoms with Gasteiger partial charge >= 0.3 is 11.8 Å². The maximum Gasteiger partial charge on any atom is 0.315 e. The van der Waals surface area contributed by atoms with Gasteiger partial charge < -0.3 is 15.2 Å². The molecule has 1 fully saturated rings. The van der Waals surface area contributed by atoms with E-state index in [0.29, 0.717) is 18.3 Å². The lowest BCUT2D eigenvalue weighted by atomic mass is 10.2. The summed E-state index contributed by atoms with van der Waals surface area (Å²) < 4.78 is 4.90.